The van der Waals surface area contributed by atoms with Crippen LogP contribution in [0, 0.1) is 10.7 Å². The maximum atomic E-state index is 8.31. The predicted molar refractivity (Wildman–Crippen MR) is 45.6 cm³/mol. The lowest BCUT2D eigenvalue weighted by Gasteiger charge is -1.91. The van der Waals surface area contributed by atoms with Crippen LogP contribution in [0.15, 0.2) is 33.6 Å². The lowest BCUT2D eigenvalue weighted by Crippen LogP contribution is -1.66. The Kier molecular flexibility index (Phi) is 2.79. The van der Waals surface area contributed by atoms with Crippen LogP contribution >= 0.6 is 27.7 Å². The van der Waals surface area contributed by atoms with Gasteiger partial charge >= 0.3 is 0 Å². The summed E-state index contributed by atoms with van der Waals surface area (Å²) in [5.41, 5.74) is 0. The molecule has 0 aliphatic heterocycles. The lowest BCUT2D eigenvalue weighted by molar-refractivity contribution is 1.44. The molecule has 50 valence electrons. The molecule has 1 rings (SSSR count). The summed E-state index contributed by atoms with van der Waals surface area (Å²) in [5, 5.41) is 10.3. The molecular weight excluding hydrogens is 210 g/mol. The third-order valence-electron chi connectivity index (χ3n) is 0.960. The van der Waals surface area contributed by atoms with E-state index in [1.54, 1.807) is 0 Å². The van der Waals surface area contributed by atoms with Crippen molar-refractivity contribution in [1.29, 1.82) is 5.26 Å². The summed E-state index contributed by atoms with van der Waals surface area (Å²) >= 11 is 4.47. The highest BCUT2D eigenvalue weighted by Gasteiger charge is 1.91. The van der Waals surface area contributed by atoms with Gasteiger partial charge in [0, 0.05) is 9.37 Å². The Morgan fingerprint density at radius 3 is 2.90 bits per heavy atom. The second-order valence-corrected chi connectivity index (χ2v) is 3.42. The molecule has 0 bridgehead atoms. The van der Waals surface area contributed by atoms with Crippen molar-refractivity contribution in [2.24, 2.45) is 0 Å². The summed E-state index contributed by atoms with van der Waals surface area (Å²) in [4.78, 5) is 0.969. The Morgan fingerprint density at radius 1 is 1.50 bits per heavy atom. The van der Waals surface area contributed by atoms with Crippen LogP contribution in [-0.2, 0) is 0 Å². The molecule has 0 heterocycles. The molecule has 0 saturated carbocycles. The first-order valence-corrected chi connectivity index (χ1v) is 4.25. The van der Waals surface area contributed by atoms with Gasteiger partial charge in [-0.1, -0.05) is 22.0 Å². The van der Waals surface area contributed by atoms with E-state index in [2.05, 4.69) is 15.9 Å². The second-order valence-electron chi connectivity index (χ2n) is 1.65. The van der Waals surface area contributed by atoms with Gasteiger partial charge in [-0.2, -0.15) is 5.26 Å². The number of hydrogen-bond donors (Lipinski definition) is 0. The van der Waals surface area contributed by atoms with Gasteiger partial charge in [-0.05, 0) is 30.0 Å². The van der Waals surface area contributed by atoms with Crippen LogP contribution in [0.4, 0.5) is 0 Å². The first-order chi connectivity index (χ1) is 4.83. The van der Waals surface area contributed by atoms with Gasteiger partial charge in [-0.15, -0.1) is 0 Å². The Morgan fingerprint density at radius 2 is 2.30 bits per heavy atom. The average Bonchev–Trinajstić information content (AvgIpc) is 1.88. The lowest BCUT2D eigenvalue weighted by atomic mass is 10.4. The fourth-order valence-corrected chi connectivity index (χ4v) is 1.57. The van der Waals surface area contributed by atoms with E-state index in [1.165, 1.54) is 0 Å². The van der Waals surface area contributed by atoms with Crippen molar-refractivity contribution < 1.29 is 0 Å². The van der Waals surface area contributed by atoms with E-state index in [0.717, 1.165) is 21.1 Å². The minimum absolute atomic E-state index is 0.969. The SMILES string of the molecule is N#CSc1cccc(Br)c1. The van der Waals surface area contributed by atoms with E-state index in [4.69, 9.17) is 5.26 Å². The number of nitrogens with zero attached hydrogens (tertiary/aromatic N) is 1. The summed E-state index contributed by atoms with van der Waals surface area (Å²) in [5.74, 6) is 0. The van der Waals surface area contributed by atoms with Crippen LogP contribution in [0.2, 0.25) is 0 Å². The minimum Gasteiger partial charge on any atom is -0.185 e. The second kappa shape index (κ2) is 3.65. The van der Waals surface area contributed by atoms with Crippen LogP contribution < -0.4 is 0 Å². The molecule has 3 heteroatoms. The summed E-state index contributed by atoms with van der Waals surface area (Å²) in [6, 6.07) is 7.65. The molecule has 0 fully saturated rings. The first kappa shape index (κ1) is 7.64. The monoisotopic (exact) mass is 213 g/mol. The Labute approximate surface area is 72.2 Å². The maximum Gasteiger partial charge on any atom is 0.138 e. The molecular formula is C7H4BrNS. The number of thiocyanates is 1. The van der Waals surface area contributed by atoms with Crippen molar-refractivity contribution in [3.63, 3.8) is 0 Å². The standard InChI is InChI=1S/C7H4BrNS/c8-6-2-1-3-7(4-6)10-5-9/h1-4H. The molecule has 0 radical (unpaired) electrons. The number of rotatable bonds is 1. The maximum absolute atomic E-state index is 8.31. The minimum atomic E-state index is 0.969. The smallest absolute Gasteiger partial charge is 0.138 e. The van der Waals surface area contributed by atoms with Crippen molar-refractivity contribution >= 4 is 27.7 Å². The number of halogens is 1. The number of nitriles is 1. The molecule has 0 aliphatic rings. The fourth-order valence-electron chi connectivity index (χ4n) is 0.583. The van der Waals surface area contributed by atoms with Gasteiger partial charge in [-0.25, -0.2) is 0 Å². The zero-order valence-corrected chi connectivity index (χ0v) is 7.45. The molecule has 0 aromatic heterocycles. The summed E-state index contributed by atoms with van der Waals surface area (Å²) in [6.45, 7) is 0. The first-order valence-electron chi connectivity index (χ1n) is 2.64. The zero-order chi connectivity index (χ0) is 7.40. The highest BCUT2D eigenvalue weighted by atomic mass is 79.9. The van der Waals surface area contributed by atoms with Crippen LogP contribution in [0.1, 0.15) is 0 Å². The summed E-state index contributed by atoms with van der Waals surface area (Å²) in [6.07, 6.45) is 0. The number of hydrogen-bond acceptors (Lipinski definition) is 2. The van der Waals surface area contributed by atoms with Crippen molar-refractivity contribution in [3.8, 4) is 5.40 Å². The largest absolute Gasteiger partial charge is 0.185 e. The van der Waals surface area contributed by atoms with Crippen molar-refractivity contribution in [2.45, 2.75) is 4.90 Å². The van der Waals surface area contributed by atoms with Gasteiger partial charge in [-0.3, -0.25) is 0 Å². The van der Waals surface area contributed by atoms with E-state index < -0.39 is 0 Å². The van der Waals surface area contributed by atoms with Crippen molar-refractivity contribution in [2.75, 3.05) is 0 Å². The van der Waals surface area contributed by atoms with Gasteiger partial charge in [0.1, 0.15) is 5.40 Å². The highest BCUT2D eigenvalue weighted by molar-refractivity contribution is 9.10. The van der Waals surface area contributed by atoms with Crippen molar-refractivity contribution in [1.82, 2.24) is 0 Å². The van der Waals surface area contributed by atoms with Crippen LogP contribution in [0.5, 0.6) is 0 Å². The zero-order valence-electron chi connectivity index (χ0n) is 5.04. The van der Waals surface area contributed by atoms with E-state index in [9.17, 15) is 0 Å². The normalized spacial score (nSPS) is 8.80. The third kappa shape index (κ3) is 2.05. The molecule has 0 atom stereocenters. The quantitative estimate of drug-likeness (QED) is 0.530. The predicted octanol–water partition coefficient (Wildman–Crippen LogP) is 3.02. The number of benzene rings is 1. The molecule has 0 unspecified atom stereocenters. The Bertz CT molecular complexity index is 267. The van der Waals surface area contributed by atoms with Crippen LogP contribution in [0.3, 0.4) is 0 Å². The molecule has 0 spiro atoms. The third-order valence-corrected chi connectivity index (χ3v) is 2.03. The molecule has 0 N–H and O–H groups in total. The van der Waals surface area contributed by atoms with Gasteiger partial charge < -0.3 is 0 Å². The van der Waals surface area contributed by atoms with E-state index in [-0.39, 0.29) is 0 Å². The van der Waals surface area contributed by atoms with Gasteiger partial charge in [0.2, 0.25) is 0 Å². The van der Waals surface area contributed by atoms with Crippen LogP contribution in [-0.4, -0.2) is 0 Å². The fraction of sp³-hybridized carbons (Fsp3) is 0. The molecule has 1 aromatic rings. The van der Waals surface area contributed by atoms with E-state index in [1.807, 2.05) is 29.7 Å². The topological polar surface area (TPSA) is 23.8 Å². The van der Waals surface area contributed by atoms with Crippen LogP contribution in [0.25, 0.3) is 0 Å². The molecule has 0 aliphatic carbocycles. The molecule has 1 aromatic carbocycles. The van der Waals surface area contributed by atoms with Gasteiger partial charge in [0.05, 0.1) is 0 Å². The van der Waals surface area contributed by atoms with Crippen molar-refractivity contribution in [3.05, 3.63) is 28.7 Å². The highest BCUT2D eigenvalue weighted by Crippen LogP contribution is 2.20. The Hall–Kier alpha value is -0.460. The number of thioether (sulfide) groups is 1. The molecule has 1 nitrogen and oxygen atoms in total. The summed E-state index contributed by atoms with van der Waals surface area (Å²) < 4.78 is 1.01. The van der Waals surface area contributed by atoms with E-state index >= 15 is 0 Å². The van der Waals surface area contributed by atoms with Gasteiger partial charge in [0.15, 0.2) is 0 Å². The molecule has 0 saturated heterocycles. The Balaban J connectivity index is 2.87. The van der Waals surface area contributed by atoms with E-state index in [0.29, 0.717) is 0 Å². The molecule has 0 amide bonds. The average molecular weight is 214 g/mol. The summed E-state index contributed by atoms with van der Waals surface area (Å²) in [7, 11) is 0. The molecule has 10 heavy (non-hydrogen) atoms. The van der Waals surface area contributed by atoms with Gasteiger partial charge in [0.25, 0.3) is 0 Å².